The number of amidine groups is 1. The van der Waals surface area contributed by atoms with E-state index in [9.17, 15) is 14.7 Å². The summed E-state index contributed by atoms with van der Waals surface area (Å²) in [5, 5.41) is 19.0. The lowest BCUT2D eigenvalue weighted by atomic mass is 9.90. The maximum atomic E-state index is 12.5. The summed E-state index contributed by atoms with van der Waals surface area (Å²) in [5.41, 5.74) is 7.45. The van der Waals surface area contributed by atoms with Crippen LogP contribution in [0.3, 0.4) is 0 Å². The number of urea groups is 1. The largest absolute Gasteiger partial charge is 0.481 e. The number of aliphatic imine (C=N–C) groups is 1. The van der Waals surface area contributed by atoms with Gasteiger partial charge in [0, 0.05) is 26.2 Å². The molecular weight excluding hydrogens is 346 g/mol. The zero-order valence-corrected chi connectivity index (χ0v) is 15.4. The highest BCUT2D eigenvalue weighted by Gasteiger charge is 2.26. The molecule has 8 heteroatoms. The highest BCUT2D eigenvalue weighted by atomic mass is 16.4. The van der Waals surface area contributed by atoms with Crippen LogP contribution in [0.15, 0.2) is 29.3 Å². The molecule has 2 rings (SSSR count). The van der Waals surface area contributed by atoms with Crippen molar-refractivity contribution >= 4 is 24.1 Å². The Hall–Kier alpha value is -2.90. The highest BCUT2D eigenvalue weighted by molar-refractivity contribution is 6.27. The van der Waals surface area contributed by atoms with E-state index in [1.807, 2.05) is 24.3 Å². The molecule has 1 heterocycles. The van der Waals surface area contributed by atoms with Gasteiger partial charge in [-0.05, 0) is 36.3 Å². The van der Waals surface area contributed by atoms with Crippen LogP contribution >= 0.6 is 0 Å². The number of amides is 2. The molecule has 0 aliphatic carbocycles. The monoisotopic (exact) mass is 373 g/mol. The molecule has 0 aromatic heterocycles. The Morgan fingerprint density at radius 2 is 2.15 bits per heavy atom. The van der Waals surface area contributed by atoms with Gasteiger partial charge >= 0.3 is 12.0 Å². The van der Waals surface area contributed by atoms with Gasteiger partial charge in [-0.1, -0.05) is 24.3 Å². The van der Waals surface area contributed by atoms with Crippen LogP contribution in [0.25, 0.3) is 0 Å². The van der Waals surface area contributed by atoms with Gasteiger partial charge in [0.05, 0.1) is 12.6 Å². The predicted octanol–water partition coefficient (Wildman–Crippen LogP) is 1.95. The van der Waals surface area contributed by atoms with Crippen LogP contribution in [0, 0.1) is 5.41 Å². The molecule has 146 valence electrons. The van der Waals surface area contributed by atoms with Crippen molar-refractivity contribution in [2.45, 2.75) is 38.1 Å². The van der Waals surface area contributed by atoms with Crippen molar-refractivity contribution < 1.29 is 14.7 Å². The third-order valence-electron chi connectivity index (χ3n) is 4.62. The van der Waals surface area contributed by atoms with E-state index in [2.05, 4.69) is 10.3 Å². The number of nitrogens with zero attached hydrogens (tertiary/aromatic N) is 2. The molecule has 1 aromatic rings. The quantitative estimate of drug-likeness (QED) is 0.315. The van der Waals surface area contributed by atoms with Crippen molar-refractivity contribution in [1.29, 1.82) is 5.41 Å². The first kappa shape index (κ1) is 20.4. The summed E-state index contributed by atoms with van der Waals surface area (Å²) < 4.78 is 0. The second kappa shape index (κ2) is 10.3. The molecule has 1 atom stereocenters. The predicted molar refractivity (Wildman–Crippen MR) is 104 cm³/mol. The topological polar surface area (TPSA) is 132 Å². The number of aliphatic carboxylic acids is 1. The first-order chi connectivity index (χ1) is 13.0. The van der Waals surface area contributed by atoms with Gasteiger partial charge in [-0.3, -0.25) is 9.79 Å². The molecule has 1 unspecified atom stereocenters. The second-order valence-corrected chi connectivity index (χ2v) is 6.59. The summed E-state index contributed by atoms with van der Waals surface area (Å²) >= 11 is 0. The molecule has 2 amide bonds. The van der Waals surface area contributed by atoms with Gasteiger partial charge in [0.15, 0.2) is 0 Å². The number of carbonyl (C=O) groups excluding carboxylic acids is 1. The zero-order valence-electron chi connectivity index (χ0n) is 15.4. The summed E-state index contributed by atoms with van der Waals surface area (Å²) in [7, 11) is 0. The van der Waals surface area contributed by atoms with E-state index in [4.69, 9.17) is 11.1 Å². The lowest BCUT2D eigenvalue weighted by Crippen LogP contribution is -2.40. The molecule has 5 N–H and O–H groups in total. The number of hydrogen-bond acceptors (Lipinski definition) is 4. The Morgan fingerprint density at radius 1 is 1.37 bits per heavy atom. The summed E-state index contributed by atoms with van der Waals surface area (Å²) in [5.74, 6) is -0.689. The lowest BCUT2D eigenvalue weighted by molar-refractivity contribution is -0.137. The molecule has 27 heavy (non-hydrogen) atoms. The van der Waals surface area contributed by atoms with E-state index in [-0.39, 0.29) is 24.2 Å². The Balaban J connectivity index is 1.87. The standard InChI is InChI=1S/C19H27N5O3/c20-12-17(21)22-8-3-4-9-23-19(27)24-10-7-14(11-18(25)26)16-6-2-1-5-15(16)13-24/h1-2,5-6,12,14,20H,3-4,7-11,13H2,(H2,21,22)(H,23,27)(H,25,26). The molecule has 1 aliphatic heterocycles. The van der Waals surface area contributed by atoms with E-state index < -0.39 is 5.97 Å². The van der Waals surface area contributed by atoms with Gasteiger partial charge in [0.25, 0.3) is 0 Å². The number of unbranched alkanes of at least 4 members (excludes halogenated alkanes) is 1. The fraction of sp³-hybridized carbons (Fsp3) is 0.474. The Morgan fingerprint density at radius 3 is 2.89 bits per heavy atom. The first-order valence-electron chi connectivity index (χ1n) is 9.14. The van der Waals surface area contributed by atoms with Crippen molar-refractivity contribution in [3.8, 4) is 0 Å². The normalized spacial score (nSPS) is 17.0. The number of carboxylic acids is 1. The van der Waals surface area contributed by atoms with E-state index in [1.54, 1.807) is 4.90 Å². The molecule has 0 bridgehead atoms. The Bertz CT molecular complexity index is 704. The number of hydrogen-bond donors (Lipinski definition) is 4. The minimum Gasteiger partial charge on any atom is -0.481 e. The lowest BCUT2D eigenvalue weighted by Gasteiger charge is -2.21. The second-order valence-electron chi connectivity index (χ2n) is 6.59. The SMILES string of the molecule is N=CC(N)=NCCCCNC(=O)N1CCC(CC(=O)O)c2ccccc2C1. The number of benzene rings is 1. The molecule has 0 saturated carbocycles. The van der Waals surface area contributed by atoms with Crippen LogP contribution in [0.4, 0.5) is 4.79 Å². The third-order valence-corrected chi connectivity index (χ3v) is 4.62. The minimum atomic E-state index is -0.820. The number of fused-ring (bicyclic) bond motifs is 1. The number of carboxylic acid groups (broad SMARTS) is 1. The van der Waals surface area contributed by atoms with Crippen LogP contribution < -0.4 is 11.1 Å². The zero-order chi connectivity index (χ0) is 19.6. The fourth-order valence-corrected chi connectivity index (χ4v) is 3.22. The van der Waals surface area contributed by atoms with Crippen LogP contribution in [-0.2, 0) is 11.3 Å². The minimum absolute atomic E-state index is 0.0753. The number of carbonyl (C=O) groups is 2. The van der Waals surface area contributed by atoms with Gasteiger partial charge < -0.3 is 26.5 Å². The maximum absolute atomic E-state index is 12.5. The van der Waals surface area contributed by atoms with Gasteiger partial charge in [-0.2, -0.15) is 0 Å². The van der Waals surface area contributed by atoms with Crippen LogP contribution in [0.2, 0.25) is 0 Å². The molecule has 0 spiro atoms. The van der Waals surface area contributed by atoms with Gasteiger partial charge in [-0.25, -0.2) is 4.79 Å². The van der Waals surface area contributed by atoms with E-state index in [0.29, 0.717) is 32.6 Å². The Kier molecular flexibility index (Phi) is 7.79. The van der Waals surface area contributed by atoms with E-state index in [1.165, 1.54) is 0 Å². The smallest absolute Gasteiger partial charge is 0.317 e. The average Bonchev–Trinajstić information content (AvgIpc) is 2.83. The van der Waals surface area contributed by atoms with E-state index in [0.717, 1.165) is 30.2 Å². The maximum Gasteiger partial charge on any atom is 0.317 e. The molecule has 8 nitrogen and oxygen atoms in total. The summed E-state index contributed by atoms with van der Waals surface area (Å²) in [6, 6.07) is 7.62. The average molecular weight is 373 g/mol. The van der Waals surface area contributed by atoms with Gasteiger partial charge in [0.2, 0.25) is 0 Å². The summed E-state index contributed by atoms with van der Waals surface area (Å²) in [6.07, 6.45) is 3.27. The van der Waals surface area contributed by atoms with Crippen LogP contribution in [0.5, 0.6) is 0 Å². The summed E-state index contributed by atoms with van der Waals surface area (Å²) in [6.45, 7) is 2.08. The number of rotatable bonds is 8. The summed E-state index contributed by atoms with van der Waals surface area (Å²) in [4.78, 5) is 29.4. The fourth-order valence-electron chi connectivity index (χ4n) is 3.22. The molecule has 1 aromatic carbocycles. The molecular formula is C19H27N5O3. The molecule has 0 saturated heterocycles. The van der Waals surface area contributed by atoms with Gasteiger partial charge in [0.1, 0.15) is 5.84 Å². The molecule has 0 radical (unpaired) electrons. The van der Waals surface area contributed by atoms with Crippen molar-refractivity contribution in [3.63, 3.8) is 0 Å². The van der Waals surface area contributed by atoms with Crippen molar-refractivity contribution in [1.82, 2.24) is 10.2 Å². The number of nitrogens with one attached hydrogen (secondary N) is 2. The molecule has 0 fully saturated rings. The van der Waals surface area contributed by atoms with Crippen molar-refractivity contribution in [2.24, 2.45) is 10.7 Å². The first-order valence-corrected chi connectivity index (χ1v) is 9.14. The van der Waals surface area contributed by atoms with E-state index >= 15 is 0 Å². The van der Waals surface area contributed by atoms with Crippen molar-refractivity contribution in [2.75, 3.05) is 19.6 Å². The number of nitrogens with two attached hydrogens (primary N) is 1. The van der Waals surface area contributed by atoms with Crippen LogP contribution in [0.1, 0.15) is 42.7 Å². The van der Waals surface area contributed by atoms with Crippen molar-refractivity contribution in [3.05, 3.63) is 35.4 Å². The van der Waals surface area contributed by atoms with Gasteiger partial charge in [-0.15, -0.1) is 0 Å². The molecule has 1 aliphatic rings. The Labute approximate surface area is 159 Å². The highest BCUT2D eigenvalue weighted by Crippen LogP contribution is 2.31. The third kappa shape index (κ3) is 6.40. The van der Waals surface area contributed by atoms with Crippen LogP contribution in [-0.4, -0.2) is 53.7 Å².